The summed E-state index contributed by atoms with van der Waals surface area (Å²) < 4.78 is 34.6. The third-order valence-corrected chi connectivity index (χ3v) is 5.03. The number of methoxy groups -OCH3 is 1. The number of rotatable bonds is 7. The van der Waals surface area contributed by atoms with Gasteiger partial charge in [0, 0.05) is 30.7 Å². The second-order valence-corrected chi connectivity index (χ2v) is 6.78. The zero-order chi connectivity index (χ0) is 20.1. The van der Waals surface area contributed by atoms with Crippen molar-refractivity contribution in [2.75, 3.05) is 20.2 Å². The van der Waals surface area contributed by atoms with Crippen LogP contribution in [0.4, 0.5) is 8.78 Å². The van der Waals surface area contributed by atoms with Gasteiger partial charge < -0.3 is 14.8 Å². The largest absolute Gasteiger partial charge is 0.493 e. The molecule has 1 aliphatic rings. The van der Waals surface area contributed by atoms with Crippen LogP contribution in [-0.4, -0.2) is 43.7 Å². The summed E-state index contributed by atoms with van der Waals surface area (Å²) in [4.78, 5) is 14.9. The van der Waals surface area contributed by atoms with Gasteiger partial charge in [0.2, 0.25) is 0 Å². The van der Waals surface area contributed by atoms with Gasteiger partial charge in [-0.3, -0.25) is 9.69 Å². The molecule has 0 spiro atoms. The molecule has 0 saturated carbocycles. The van der Waals surface area contributed by atoms with E-state index in [2.05, 4.69) is 34.0 Å². The summed E-state index contributed by atoms with van der Waals surface area (Å²) >= 11 is 0. The summed E-state index contributed by atoms with van der Waals surface area (Å²) in [6.45, 7) is 0.772. The first kappa shape index (κ1) is 20.1. The average molecular weight is 390 g/mol. The molecule has 28 heavy (non-hydrogen) atoms. The third-order valence-electron chi connectivity index (χ3n) is 5.03. The van der Waals surface area contributed by atoms with Gasteiger partial charge in [0.15, 0.2) is 11.5 Å². The molecule has 1 aliphatic heterocycles. The Morgan fingerprint density at radius 3 is 2.61 bits per heavy atom. The highest BCUT2D eigenvalue weighted by Gasteiger charge is 2.28. The Hall–Kier alpha value is -2.67. The molecule has 0 radical (unpaired) electrons. The molecule has 1 amide bonds. The standard InChI is InChI=1S/C21H24F2N2O3/c1-14(15-6-4-3-5-7-15)25-11-10-17(13-25)24-20(26)16-8-9-18(27-2)19(12-16)28-21(22)23/h3-9,12,14,17,21H,10-11,13H2,1-2H3,(H,24,26). The molecule has 2 unspecified atom stereocenters. The molecular weight excluding hydrogens is 366 g/mol. The van der Waals surface area contributed by atoms with Crippen molar-refractivity contribution < 1.29 is 23.0 Å². The van der Waals surface area contributed by atoms with E-state index in [0.29, 0.717) is 0 Å². The second-order valence-electron chi connectivity index (χ2n) is 6.78. The van der Waals surface area contributed by atoms with E-state index < -0.39 is 6.61 Å². The molecule has 1 N–H and O–H groups in total. The average Bonchev–Trinajstić information content (AvgIpc) is 3.16. The van der Waals surface area contributed by atoms with Gasteiger partial charge in [-0.2, -0.15) is 8.78 Å². The van der Waals surface area contributed by atoms with Gasteiger partial charge in [-0.1, -0.05) is 30.3 Å². The number of hydrogen-bond donors (Lipinski definition) is 1. The van der Waals surface area contributed by atoms with Crippen molar-refractivity contribution in [3.63, 3.8) is 0 Å². The number of halogens is 2. The topological polar surface area (TPSA) is 50.8 Å². The molecule has 2 aromatic rings. The van der Waals surface area contributed by atoms with Crippen LogP contribution in [0.2, 0.25) is 0 Å². The molecule has 5 nitrogen and oxygen atoms in total. The molecule has 1 saturated heterocycles. The first-order valence-electron chi connectivity index (χ1n) is 9.20. The number of carbonyl (C=O) groups is 1. The van der Waals surface area contributed by atoms with Crippen molar-refractivity contribution in [3.8, 4) is 11.5 Å². The summed E-state index contributed by atoms with van der Waals surface area (Å²) in [6.07, 6.45) is 0.833. The van der Waals surface area contributed by atoms with Crippen LogP contribution in [-0.2, 0) is 0 Å². The molecule has 2 aromatic carbocycles. The SMILES string of the molecule is COc1ccc(C(=O)NC2CCN(C(C)c3ccccc3)C2)cc1OC(F)F. The number of ether oxygens (including phenoxy) is 2. The molecule has 3 rings (SSSR count). The van der Waals surface area contributed by atoms with Crippen LogP contribution in [0.5, 0.6) is 11.5 Å². The maximum Gasteiger partial charge on any atom is 0.387 e. The zero-order valence-electron chi connectivity index (χ0n) is 15.9. The maximum absolute atomic E-state index is 12.6. The quantitative estimate of drug-likeness (QED) is 0.780. The first-order valence-corrected chi connectivity index (χ1v) is 9.20. The van der Waals surface area contributed by atoms with E-state index in [9.17, 15) is 13.6 Å². The highest BCUT2D eigenvalue weighted by Crippen LogP contribution is 2.30. The van der Waals surface area contributed by atoms with Gasteiger partial charge in [0.05, 0.1) is 7.11 Å². The van der Waals surface area contributed by atoms with Gasteiger partial charge in [-0.25, -0.2) is 0 Å². The molecule has 0 bridgehead atoms. The van der Waals surface area contributed by atoms with Crippen molar-refractivity contribution in [1.82, 2.24) is 10.2 Å². The van der Waals surface area contributed by atoms with Gasteiger partial charge in [-0.15, -0.1) is 0 Å². The smallest absolute Gasteiger partial charge is 0.387 e. The maximum atomic E-state index is 12.6. The molecule has 150 valence electrons. The van der Waals surface area contributed by atoms with E-state index in [-0.39, 0.29) is 35.1 Å². The number of nitrogens with zero attached hydrogens (tertiary/aromatic N) is 1. The fraction of sp³-hybridized carbons (Fsp3) is 0.381. The summed E-state index contributed by atoms with van der Waals surface area (Å²) in [5, 5.41) is 2.99. The molecule has 2 atom stereocenters. The normalized spacial score (nSPS) is 18.1. The number of alkyl halides is 2. The van der Waals surface area contributed by atoms with Crippen molar-refractivity contribution in [3.05, 3.63) is 59.7 Å². The van der Waals surface area contributed by atoms with Crippen LogP contribution in [0.25, 0.3) is 0 Å². The van der Waals surface area contributed by atoms with Gasteiger partial charge in [0.1, 0.15) is 0 Å². The fourth-order valence-corrected chi connectivity index (χ4v) is 3.47. The fourth-order valence-electron chi connectivity index (χ4n) is 3.47. The number of nitrogens with one attached hydrogen (secondary N) is 1. The van der Waals surface area contributed by atoms with Crippen LogP contribution < -0.4 is 14.8 Å². The number of benzene rings is 2. The minimum absolute atomic E-state index is 0.000214. The van der Waals surface area contributed by atoms with Crippen molar-refractivity contribution >= 4 is 5.91 Å². The van der Waals surface area contributed by atoms with Crippen LogP contribution in [0.3, 0.4) is 0 Å². The van der Waals surface area contributed by atoms with Gasteiger partial charge in [-0.05, 0) is 37.1 Å². The van der Waals surface area contributed by atoms with Crippen LogP contribution in [0.15, 0.2) is 48.5 Å². The third kappa shape index (κ3) is 4.78. The number of hydrogen-bond acceptors (Lipinski definition) is 4. The molecule has 1 fully saturated rings. The van der Waals surface area contributed by atoms with Crippen molar-refractivity contribution in [2.45, 2.75) is 32.0 Å². The Kier molecular flexibility index (Phi) is 6.46. The Labute approximate surface area is 163 Å². The van der Waals surface area contributed by atoms with Gasteiger partial charge >= 0.3 is 6.61 Å². The lowest BCUT2D eigenvalue weighted by atomic mass is 10.1. The van der Waals surface area contributed by atoms with Crippen LogP contribution in [0.1, 0.15) is 35.3 Å². The Bertz CT molecular complexity index is 801. The van der Waals surface area contributed by atoms with E-state index >= 15 is 0 Å². The highest BCUT2D eigenvalue weighted by molar-refractivity contribution is 5.95. The first-order chi connectivity index (χ1) is 13.5. The molecule has 0 aromatic heterocycles. The van der Waals surface area contributed by atoms with Crippen LogP contribution >= 0.6 is 0 Å². The Morgan fingerprint density at radius 1 is 1.18 bits per heavy atom. The van der Waals surface area contributed by atoms with Crippen molar-refractivity contribution in [1.29, 1.82) is 0 Å². The molecule has 1 heterocycles. The molecule has 0 aliphatic carbocycles. The predicted octanol–water partition coefficient (Wildman–Crippen LogP) is 3.86. The van der Waals surface area contributed by atoms with E-state index in [0.717, 1.165) is 19.5 Å². The number of likely N-dealkylation sites (tertiary alicyclic amines) is 1. The van der Waals surface area contributed by atoms with Crippen molar-refractivity contribution in [2.24, 2.45) is 0 Å². The lowest BCUT2D eigenvalue weighted by Crippen LogP contribution is -2.37. The summed E-state index contributed by atoms with van der Waals surface area (Å²) in [5.74, 6) is -0.322. The number of amides is 1. The van der Waals surface area contributed by atoms with E-state index in [1.165, 1.54) is 30.9 Å². The zero-order valence-corrected chi connectivity index (χ0v) is 15.9. The lowest BCUT2D eigenvalue weighted by Gasteiger charge is -2.24. The van der Waals surface area contributed by atoms with E-state index in [1.54, 1.807) is 0 Å². The predicted molar refractivity (Wildman–Crippen MR) is 102 cm³/mol. The molecule has 7 heteroatoms. The monoisotopic (exact) mass is 390 g/mol. The Balaban J connectivity index is 1.62. The summed E-state index contributed by atoms with van der Waals surface area (Å²) in [7, 11) is 1.36. The lowest BCUT2D eigenvalue weighted by molar-refractivity contribution is -0.0512. The van der Waals surface area contributed by atoms with E-state index in [4.69, 9.17) is 4.74 Å². The minimum Gasteiger partial charge on any atom is -0.493 e. The van der Waals surface area contributed by atoms with Crippen LogP contribution in [0, 0.1) is 0 Å². The Morgan fingerprint density at radius 2 is 1.93 bits per heavy atom. The van der Waals surface area contributed by atoms with Gasteiger partial charge in [0.25, 0.3) is 5.91 Å². The highest BCUT2D eigenvalue weighted by atomic mass is 19.3. The second kappa shape index (κ2) is 9.01. The number of carbonyl (C=O) groups excluding carboxylic acids is 1. The molecular formula is C21H24F2N2O3. The minimum atomic E-state index is -2.99. The van der Waals surface area contributed by atoms with E-state index in [1.807, 2.05) is 18.2 Å². The summed E-state index contributed by atoms with van der Waals surface area (Å²) in [5.41, 5.74) is 1.49. The summed E-state index contributed by atoms with van der Waals surface area (Å²) in [6, 6.07) is 14.7.